The fourth-order valence-electron chi connectivity index (χ4n) is 13.3. The molecule has 0 bridgehead atoms. The van der Waals surface area contributed by atoms with E-state index in [1.807, 2.05) is 0 Å². The molecular weight excluding hydrogens is 862 g/mol. The van der Waals surface area contributed by atoms with Crippen LogP contribution in [0.15, 0.2) is 101 Å². The highest BCUT2D eigenvalue weighted by atomic mass is 19.1. The van der Waals surface area contributed by atoms with Crippen molar-refractivity contribution in [2.45, 2.75) is 168 Å². The summed E-state index contributed by atoms with van der Waals surface area (Å²) in [5.74, 6) is -1.21. The van der Waals surface area contributed by atoms with Crippen LogP contribution in [0, 0.1) is 18.6 Å². The van der Waals surface area contributed by atoms with Gasteiger partial charge in [-0.15, -0.1) is 0 Å². The van der Waals surface area contributed by atoms with Crippen LogP contribution < -0.4 is 26.4 Å². The second-order valence-corrected chi connectivity index (χ2v) is 24.9. The molecule has 2 aliphatic heterocycles. The van der Waals surface area contributed by atoms with Gasteiger partial charge >= 0.3 is 0 Å². The monoisotopic (exact) mass is 933 g/mol. The molecule has 0 spiro atoms. The second-order valence-electron chi connectivity index (χ2n) is 24.9. The second kappa shape index (κ2) is 15.9. The first-order chi connectivity index (χ1) is 33.1. The van der Waals surface area contributed by atoms with Gasteiger partial charge in [0.15, 0.2) is 0 Å². The lowest BCUT2D eigenvalue weighted by molar-refractivity contribution is 0.332. The molecule has 11 rings (SSSR count). The Kier molecular flexibility index (Phi) is 10.6. The number of nitrogens with zero attached hydrogens (tertiary/aromatic N) is 2. The highest BCUT2D eigenvalue weighted by Crippen LogP contribution is 2.55. The van der Waals surface area contributed by atoms with Crippen LogP contribution in [0.2, 0.25) is 0 Å². The average molecular weight is 933 g/mol. The molecule has 3 heterocycles. The predicted octanol–water partition coefficient (Wildman–Crippen LogP) is 16.5. The molecule has 0 saturated carbocycles. The molecule has 70 heavy (non-hydrogen) atoms. The van der Waals surface area contributed by atoms with Gasteiger partial charge in [0.1, 0.15) is 17.2 Å². The fraction of sp³-hybridized carbons (Fsp3) is 0.406. The summed E-state index contributed by atoms with van der Waals surface area (Å²) in [6, 6.07) is 34.3. The van der Waals surface area contributed by atoms with Gasteiger partial charge in [-0.3, -0.25) is 0 Å². The van der Waals surface area contributed by atoms with Gasteiger partial charge in [0, 0.05) is 34.1 Å². The van der Waals surface area contributed by atoms with E-state index < -0.39 is 11.6 Å². The van der Waals surface area contributed by atoms with Gasteiger partial charge in [-0.1, -0.05) is 132 Å². The summed E-state index contributed by atoms with van der Waals surface area (Å²) in [4.78, 5) is 4.64. The van der Waals surface area contributed by atoms with Gasteiger partial charge in [0.05, 0.1) is 22.7 Å². The molecule has 6 aromatic carbocycles. The molecule has 1 aromatic heterocycles. The van der Waals surface area contributed by atoms with E-state index in [-0.39, 0.29) is 33.8 Å². The van der Waals surface area contributed by atoms with E-state index >= 15 is 8.78 Å². The van der Waals surface area contributed by atoms with Gasteiger partial charge in [-0.25, -0.2) is 8.78 Å². The van der Waals surface area contributed by atoms with Crippen molar-refractivity contribution in [3.8, 4) is 11.1 Å². The molecule has 2 aliphatic carbocycles. The molecular formula is C64H71BF2N2O. The van der Waals surface area contributed by atoms with Crippen LogP contribution in [0.25, 0.3) is 22.1 Å². The van der Waals surface area contributed by atoms with Crippen molar-refractivity contribution in [3.63, 3.8) is 0 Å². The van der Waals surface area contributed by atoms with E-state index in [9.17, 15) is 0 Å². The third-order valence-corrected chi connectivity index (χ3v) is 17.7. The summed E-state index contributed by atoms with van der Waals surface area (Å²) in [5.41, 5.74) is 20.5. The molecule has 7 aromatic rings. The number of unbranched alkanes of at least 4 members (excludes halogenated alkanes) is 1. The predicted molar refractivity (Wildman–Crippen MR) is 293 cm³/mol. The first-order valence-corrected chi connectivity index (χ1v) is 26.3. The Morgan fingerprint density at radius 2 is 1.23 bits per heavy atom. The summed E-state index contributed by atoms with van der Waals surface area (Å²) >= 11 is 0. The molecule has 0 amide bonds. The molecule has 0 saturated heterocycles. The molecule has 0 radical (unpaired) electrons. The van der Waals surface area contributed by atoms with Crippen molar-refractivity contribution >= 4 is 68.4 Å². The average Bonchev–Trinajstić information content (AvgIpc) is 3.69. The van der Waals surface area contributed by atoms with Gasteiger partial charge in [-0.2, -0.15) is 0 Å². The molecule has 0 atom stereocenters. The molecule has 0 fully saturated rings. The molecule has 0 N–H and O–H groups in total. The van der Waals surface area contributed by atoms with Crippen molar-refractivity contribution in [3.05, 3.63) is 148 Å². The number of aryl methyl sites for hydroxylation is 2. The number of halogens is 2. The van der Waals surface area contributed by atoms with E-state index in [1.54, 1.807) is 6.07 Å². The molecule has 4 aliphatic rings. The Bertz CT molecular complexity index is 3280. The Morgan fingerprint density at radius 1 is 0.629 bits per heavy atom. The third kappa shape index (κ3) is 7.07. The third-order valence-electron chi connectivity index (χ3n) is 17.7. The maximum absolute atomic E-state index is 17.0. The molecule has 0 unspecified atom stereocenters. The van der Waals surface area contributed by atoms with Crippen molar-refractivity contribution in [1.82, 2.24) is 0 Å². The Hall–Kier alpha value is -5.62. The van der Waals surface area contributed by atoms with Crippen molar-refractivity contribution < 1.29 is 13.2 Å². The Balaban J connectivity index is 1.30. The summed E-state index contributed by atoms with van der Waals surface area (Å²) in [7, 11) is 0. The number of furan rings is 1. The van der Waals surface area contributed by atoms with Gasteiger partial charge in [-0.05, 0) is 183 Å². The number of hydrogen-bond donors (Lipinski definition) is 0. The Labute approximate surface area is 416 Å². The van der Waals surface area contributed by atoms with Gasteiger partial charge < -0.3 is 14.2 Å². The summed E-state index contributed by atoms with van der Waals surface area (Å²) in [6.45, 7) is 30.4. The van der Waals surface area contributed by atoms with E-state index in [4.69, 9.17) is 4.42 Å². The van der Waals surface area contributed by atoms with Crippen LogP contribution in [0.4, 0.5) is 42.9 Å². The lowest BCUT2D eigenvalue weighted by atomic mass is 9.35. The van der Waals surface area contributed by atoms with Gasteiger partial charge in [0.25, 0.3) is 6.71 Å². The van der Waals surface area contributed by atoms with Gasteiger partial charge in [0.2, 0.25) is 0 Å². The van der Waals surface area contributed by atoms with E-state index in [0.717, 1.165) is 107 Å². The standard InChI is InChI=1S/C64H71BF2N2O/c1-14-16-24-60(4,5)44-33-42(40-20-18-17-19-21-40)52(31-39(44)15-2)68-53-36-47-46(62(8,9)26-27-63(47,10)11)35-49(53)65-57-54(68)29-38(3)30-55(57)69(51-23-22-41(66)32-50(51)67)58-43-34-45-48(37-56(43)70-59(58)65)64(12,13)28-25-61(45,6)7/h17-23,29-37H,14-16,24-28H2,1-13H3. The molecule has 3 nitrogen and oxygen atoms in total. The normalized spacial score (nSPS) is 18.0. The zero-order valence-corrected chi connectivity index (χ0v) is 44.0. The largest absolute Gasteiger partial charge is 0.468 e. The van der Waals surface area contributed by atoms with Crippen LogP contribution in [0.5, 0.6) is 0 Å². The van der Waals surface area contributed by atoms with Crippen LogP contribution in [0.3, 0.4) is 0 Å². The molecule has 6 heteroatoms. The summed E-state index contributed by atoms with van der Waals surface area (Å²) in [6.07, 6.45) is 8.63. The minimum Gasteiger partial charge on any atom is -0.468 e. The van der Waals surface area contributed by atoms with E-state index in [1.165, 1.54) is 62.5 Å². The smallest absolute Gasteiger partial charge is 0.297 e. The van der Waals surface area contributed by atoms with Crippen molar-refractivity contribution in [2.24, 2.45) is 0 Å². The Morgan fingerprint density at radius 3 is 1.84 bits per heavy atom. The maximum Gasteiger partial charge on any atom is 0.297 e. The molecule has 360 valence electrons. The zero-order valence-electron chi connectivity index (χ0n) is 44.0. The first kappa shape index (κ1) is 46.8. The summed E-state index contributed by atoms with van der Waals surface area (Å²) < 4.78 is 39.5. The lowest BCUT2D eigenvalue weighted by Gasteiger charge is -2.47. The van der Waals surface area contributed by atoms with E-state index in [0.29, 0.717) is 5.69 Å². The summed E-state index contributed by atoms with van der Waals surface area (Å²) in [5, 5.41) is 0.959. The van der Waals surface area contributed by atoms with Crippen molar-refractivity contribution in [2.75, 3.05) is 9.80 Å². The van der Waals surface area contributed by atoms with Crippen LogP contribution in [-0.4, -0.2) is 6.71 Å². The maximum atomic E-state index is 17.0. The van der Waals surface area contributed by atoms with Crippen LogP contribution >= 0.6 is 0 Å². The zero-order chi connectivity index (χ0) is 49.6. The SMILES string of the molecule is CCCCC(C)(C)c1cc(-c2ccccc2)c(N2c3cc4c(cc3B3c5oc6cc7c(cc6c5N(c5ccc(F)cc5F)c5cc(C)cc2c53)C(C)(C)CCC7(C)C)C(C)(C)CCC4(C)C)cc1CC. The van der Waals surface area contributed by atoms with Crippen LogP contribution in [0.1, 0.15) is 167 Å². The van der Waals surface area contributed by atoms with E-state index in [2.05, 4.69) is 179 Å². The topological polar surface area (TPSA) is 19.6 Å². The highest BCUT2D eigenvalue weighted by Gasteiger charge is 2.50. The number of rotatable bonds is 8. The minimum absolute atomic E-state index is 0.0352. The lowest BCUT2D eigenvalue weighted by Crippen LogP contribution is -2.61. The fourth-order valence-corrected chi connectivity index (χ4v) is 13.3. The quantitative estimate of drug-likeness (QED) is 0.142. The first-order valence-electron chi connectivity index (χ1n) is 26.3. The number of benzene rings is 6. The minimum atomic E-state index is -0.611. The number of anilines is 6. The van der Waals surface area contributed by atoms with Crippen molar-refractivity contribution in [1.29, 1.82) is 0 Å². The number of hydrogen-bond acceptors (Lipinski definition) is 3. The highest BCUT2D eigenvalue weighted by molar-refractivity contribution is 7.00. The van der Waals surface area contributed by atoms with Crippen LogP contribution in [-0.2, 0) is 33.5 Å². The number of fused-ring (bicyclic) bond motifs is 8.